The average molecular weight is 279 g/mol. The highest BCUT2D eigenvalue weighted by Gasteiger charge is 2.43. The van der Waals surface area contributed by atoms with Gasteiger partial charge < -0.3 is 16.0 Å². The summed E-state index contributed by atoms with van der Waals surface area (Å²) in [5.74, 6) is 0.248. The number of likely N-dealkylation sites (N-methyl/N-ethyl adjacent to an activating group) is 1. The van der Waals surface area contributed by atoms with Crippen molar-refractivity contribution >= 4 is 5.91 Å². The molecule has 2 aliphatic rings. The first-order chi connectivity index (χ1) is 9.48. The van der Waals surface area contributed by atoms with E-state index in [2.05, 4.69) is 28.2 Å². The highest BCUT2D eigenvalue weighted by molar-refractivity contribution is 5.79. The zero-order valence-corrected chi connectivity index (χ0v) is 12.4. The van der Waals surface area contributed by atoms with Crippen molar-refractivity contribution < 1.29 is 4.79 Å². The van der Waals surface area contributed by atoms with Crippen LogP contribution in [0.5, 0.6) is 0 Å². The second-order valence-corrected chi connectivity index (χ2v) is 6.26. The third-order valence-corrected chi connectivity index (χ3v) is 4.45. The molecule has 6 heteroatoms. The van der Waals surface area contributed by atoms with Crippen LogP contribution >= 0.6 is 0 Å². The van der Waals surface area contributed by atoms with Gasteiger partial charge in [-0.15, -0.1) is 0 Å². The van der Waals surface area contributed by atoms with Gasteiger partial charge in [0, 0.05) is 32.2 Å². The van der Waals surface area contributed by atoms with Crippen molar-refractivity contribution in [2.24, 2.45) is 11.7 Å². The van der Waals surface area contributed by atoms with Crippen LogP contribution in [-0.2, 0) is 4.79 Å². The minimum absolute atomic E-state index is 0.0658. The Kier molecular flexibility index (Phi) is 4.63. The van der Waals surface area contributed by atoms with Crippen LogP contribution in [0.2, 0.25) is 0 Å². The lowest BCUT2D eigenvalue weighted by molar-refractivity contribution is -0.124. The SMILES string of the molecule is CN1CCN(CC(=O)NC(C)(C#N)C2CC2)C(CN)C1. The Hall–Kier alpha value is -1.16. The van der Waals surface area contributed by atoms with Gasteiger partial charge in [0.1, 0.15) is 5.54 Å². The first-order valence-corrected chi connectivity index (χ1v) is 7.33. The molecule has 1 saturated carbocycles. The number of nitrogens with one attached hydrogen (secondary N) is 1. The van der Waals surface area contributed by atoms with Crippen LogP contribution in [0.1, 0.15) is 19.8 Å². The van der Waals surface area contributed by atoms with Crippen LogP contribution < -0.4 is 11.1 Å². The van der Waals surface area contributed by atoms with Crippen LogP contribution in [0.15, 0.2) is 0 Å². The third-order valence-electron chi connectivity index (χ3n) is 4.45. The second-order valence-electron chi connectivity index (χ2n) is 6.26. The largest absolute Gasteiger partial charge is 0.337 e. The van der Waals surface area contributed by atoms with E-state index < -0.39 is 5.54 Å². The summed E-state index contributed by atoms with van der Waals surface area (Å²) in [4.78, 5) is 16.6. The summed E-state index contributed by atoms with van der Waals surface area (Å²) < 4.78 is 0. The molecule has 3 N–H and O–H groups in total. The number of hydrogen-bond donors (Lipinski definition) is 2. The Bertz CT molecular complexity index is 403. The summed E-state index contributed by atoms with van der Waals surface area (Å²) in [6, 6.07) is 2.47. The summed E-state index contributed by atoms with van der Waals surface area (Å²) in [6.45, 7) is 5.39. The smallest absolute Gasteiger partial charge is 0.235 e. The van der Waals surface area contributed by atoms with Crippen molar-refractivity contribution in [1.82, 2.24) is 15.1 Å². The molecule has 1 aliphatic heterocycles. The minimum atomic E-state index is -0.706. The van der Waals surface area contributed by atoms with Gasteiger partial charge in [0.25, 0.3) is 0 Å². The lowest BCUT2D eigenvalue weighted by Crippen LogP contribution is -2.58. The number of amides is 1. The Morgan fingerprint density at radius 2 is 2.20 bits per heavy atom. The molecular weight excluding hydrogens is 254 g/mol. The molecule has 1 aliphatic carbocycles. The van der Waals surface area contributed by atoms with E-state index in [1.807, 2.05) is 6.92 Å². The number of nitriles is 1. The van der Waals surface area contributed by atoms with Crippen molar-refractivity contribution in [3.63, 3.8) is 0 Å². The monoisotopic (exact) mass is 279 g/mol. The zero-order chi connectivity index (χ0) is 14.8. The van der Waals surface area contributed by atoms with Gasteiger partial charge >= 0.3 is 0 Å². The first kappa shape index (κ1) is 15.2. The van der Waals surface area contributed by atoms with Crippen LogP contribution in [0.4, 0.5) is 0 Å². The van der Waals surface area contributed by atoms with Gasteiger partial charge in [-0.3, -0.25) is 9.69 Å². The van der Waals surface area contributed by atoms with E-state index in [0.29, 0.717) is 19.0 Å². The van der Waals surface area contributed by atoms with Crippen LogP contribution in [0.25, 0.3) is 0 Å². The van der Waals surface area contributed by atoms with E-state index in [0.717, 1.165) is 32.5 Å². The number of nitrogens with two attached hydrogens (primary N) is 1. The van der Waals surface area contributed by atoms with E-state index >= 15 is 0 Å². The standard InChI is InChI=1S/C14H25N5O/c1-14(10-16,11-3-4-11)17-13(20)9-19-6-5-18(2)8-12(19)7-15/h11-12H,3-9,15H2,1-2H3,(H,17,20). The molecule has 0 bridgehead atoms. The van der Waals surface area contributed by atoms with E-state index in [1.165, 1.54) is 0 Å². The van der Waals surface area contributed by atoms with Gasteiger partial charge in [0.2, 0.25) is 5.91 Å². The number of hydrogen-bond acceptors (Lipinski definition) is 5. The van der Waals surface area contributed by atoms with Gasteiger partial charge in [-0.05, 0) is 32.7 Å². The fourth-order valence-corrected chi connectivity index (χ4v) is 2.88. The number of rotatable bonds is 5. The molecule has 2 unspecified atom stereocenters. The molecule has 20 heavy (non-hydrogen) atoms. The Morgan fingerprint density at radius 3 is 2.75 bits per heavy atom. The molecule has 0 aromatic carbocycles. The fraction of sp³-hybridized carbons (Fsp3) is 0.857. The fourth-order valence-electron chi connectivity index (χ4n) is 2.88. The Labute approximate surface area is 120 Å². The van der Waals surface area contributed by atoms with Crippen molar-refractivity contribution in [2.75, 3.05) is 39.8 Å². The molecule has 0 aromatic heterocycles. The predicted octanol–water partition coefficient (Wildman–Crippen LogP) is -0.630. The first-order valence-electron chi connectivity index (χ1n) is 7.33. The molecule has 2 atom stereocenters. The van der Waals surface area contributed by atoms with E-state index in [-0.39, 0.29) is 11.9 Å². The van der Waals surface area contributed by atoms with E-state index in [1.54, 1.807) is 0 Å². The van der Waals surface area contributed by atoms with Gasteiger partial charge in [0.05, 0.1) is 12.6 Å². The van der Waals surface area contributed by atoms with Gasteiger partial charge in [0.15, 0.2) is 0 Å². The number of piperazine rings is 1. The average Bonchev–Trinajstić information content (AvgIpc) is 3.25. The normalized spacial score (nSPS) is 27.6. The zero-order valence-electron chi connectivity index (χ0n) is 12.4. The Balaban J connectivity index is 1.89. The molecule has 0 aromatic rings. The van der Waals surface area contributed by atoms with Gasteiger partial charge in [-0.1, -0.05) is 0 Å². The molecule has 2 fully saturated rings. The molecule has 1 saturated heterocycles. The van der Waals surface area contributed by atoms with Crippen molar-refractivity contribution in [3.05, 3.63) is 0 Å². The quantitative estimate of drug-likeness (QED) is 0.700. The number of carbonyl (C=O) groups excluding carboxylic acids is 1. The summed E-state index contributed by atoms with van der Waals surface area (Å²) >= 11 is 0. The lowest BCUT2D eigenvalue weighted by Gasteiger charge is -2.39. The topological polar surface area (TPSA) is 85.4 Å². The molecule has 0 radical (unpaired) electrons. The molecule has 1 heterocycles. The molecule has 112 valence electrons. The predicted molar refractivity (Wildman–Crippen MR) is 76.8 cm³/mol. The molecule has 6 nitrogen and oxygen atoms in total. The molecule has 1 amide bonds. The summed E-state index contributed by atoms with van der Waals surface area (Å²) in [5, 5.41) is 12.2. The number of carbonyl (C=O) groups is 1. The second kappa shape index (κ2) is 6.08. The maximum atomic E-state index is 12.2. The minimum Gasteiger partial charge on any atom is -0.337 e. The van der Waals surface area contributed by atoms with Crippen LogP contribution in [0.3, 0.4) is 0 Å². The van der Waals surface area contributed by atoms with Crippen LogP contribution in [0, 0.1) is 17.2 Å². The van der Waals surface area contributed by atoms with Crippen molar-refractivity contribution in [2.45, 2.75) is 31.3 Å². The van der Waals surface area contributed by atoms with E-state index in [9.17, 15) is 10.1 Å². The highest BCUT2D eigenvalue weighted by atomic mass is 16.2. The van der Waals surface area contributed by atoms with Crippen molar-refractivity contribution in [1.29, 1.82) is 5.26 Å². The third kappa shape index (κ3) is 3.48. The van der Waals surface area contributed by atoms with E-state index in [4.69, 9.17) is 5.73 Å². The molecule has 0 spiro atoms. The molecule has 2 rings (SSSR count). The maximum absolute atomic E-state index is 12.2. The van der Waals surface area contributed by atoms with Gasteiger partial charge in [-0.2, -0.15) is 5.26 Å². The van der Waals surface area contributed by atoms with Gasteiger partial charge in [-0.25, -0.2) is 0 Å². The molecular formula is C14H25N5O. The summed E-state index contributed by atoms with van der Waals surface area (Å²) in [7, 11) is 2.07. The van der Waals surface area contributed by atoms with Crippen LogP contribution in [-0.4, -0.2) is 67.1 Å². The summed E-state index contributed by atoms with van der Waals surface area (Å²) in [6.07, 6.45) is 2.06. The lowest BCUT2D eigenvalue weighted by atomic mass is 9.98. The summed E-state index contributed by atoms with van der Waals surface area (Å²) in [5.41, 5.74) is 5.08. The maximum Gasteiger partial charge on any atom is 0.235 e. The Morgan fingerprint density at radius 1 is 1.50 bits per heavy atom. The van der Waals surface area contributed by atoms with Crippen molar-refractivity contribution in [3.8, 4) is 6.07 Å². The highest BCUT2D eigenvalue weighted by Crippen LogP contribution is 2.39. The number of nitrogens with zero attached hydrogens (tertiary/aromatic N) is 3.